The normalized spacial score (nSPS) is 33.2. The van der Waals surface area contributed by atoms with Gasteiger partial charge in [-0.1, -0.05) is 18.2 Å². The van der Waals surface area contributed by atoms with Crippen molar-refractivity contribution in [2.75, 3.05) is 6.54 Å². The summed E-state index contributed by atoms with van der Waals surface area (Å²) in [6.07, 6.45) is -4.33. The van der Waals surface area contributed by atoms with Gasteiger partial charge in [0.1, 0.15) is 24.4 Å². The lowest BCUT2D eigenvalue weighted by molar-refractivity contribution is -0.225. The number of hydrogen-bond donors (Lipinski definition) is 3. The molecular weight excluding hydrogens is 302 g/mol. The summed E-state index contributed by atoms with van der Waals surface area (Å²) in [6.45, 7) is 3.41. The molecule has 5 atom stereocenters. The SMILES string of the molecule is CC1(C)O[C@H]2O[C@H]([C@@H](O)CNC(=O)c3ccccc3)[C@H](O)[C@H]2O1. The van der Waals surface area contributed by atoms with Gasteiger partial charge in [-0.05, 0) is 26.0 Å². The second kappa shape index (κ2) is 6.18. The predicted molar refractivity (Wildman–Crippen MR) is 79.5 cm³/mol. The molecule has 0 bridgehead atoms. The van der Waals surface area contributed by atoms with Crippen molar-refractivity contribution in [1.29, 1.82) is 0 Å². The Morgan fingerprint density at radius 1 is 1.30 bits per heavy atom. The molecule has 0 aromatic heterocycles. The predicted octanol–water partition coefficient (Wildman–Crippen LogP) is 0.0146. The zero-order chi connectivity index (χ0) is 16.6. The molecule has 1 aromatic rings. The molecule has 7 nitrogen and oxygen atoms in total. The number of ether oxygens (including phenoxy) is 3. The average molecular weight is 323 g/mol. The first kappa shape index (κ1) is 16.4. The second-order valence-corrected chi connectivity index (χ2v) is 6.20. The van der Waals surface area contributed by atoms with Gasteiger partial charge in [-0.25, -0.2) is 0 Å². The van der Waals surface area contributed by atoms with E-state index in [-0.39, 0.29) is 12.5 Å². The first-order valence-electron chi connectivity index (χ1n) is 7.58. The highest BCUT2D eigenvalue weighted by Crippen LogP contribution is 2.38. The van der Waals surface area contributed by atoms with Crippen LogP contribution in [0.15, 0.2) is 30.3 Å². The van der Waals surface area contributed by atoms with Crippen LogP contribution in [0.2, 0.25) is 0 Å². The molecule has 23 heavy (non-hydrogen) atoms. The number of benzene rings is 1. The minimum Gasteiger partial charge on any atom is -0.388 e. The fourth-order valence-electron chi connectivity index (χ4n) is 2.84. The van der Waals surface area contributed by atoms with Gasteiger partial charge in [0.15, 0.2) is 12.1 Å². The monoisotopic (exact) mass is 323 g/mol. The van der Waals surface area contributed by atoms with Crippen LogP contribution in [0, 0.1) is 0 Å². The molecule has 0 unspecified atom stereocenters. The molecule has 126 valence electrons. The van der Waals surface area contributed by atoms with Crippen LogP contribution in [0.1, 0.15) is 24.2 Å². The summed E-state index contributed by atoms with van der Waals surface area (Å²) < 4.78 is 16.6. The highest BCUT2D eigenvalue weighted by Gasteiger charge is 2.55. The summed E-state index contributed by atoms with van der Waals surface area (Å²) in [4.78, 5) is 12.0. The molecular formula is C16H21NO6. The maximum absolute atomic E-state index is 12.0. The van der Waals surface area contributed by atoms with Gasteiger partial charge in [-0.3, -0.25) is 4.79 Å². The van der Waals surface area contributed by atoms with Gasteiger partial charge in [-0.2, -0.15) is 0 Å². The summed E-state index contributed by atoms with van der Waals surface area (Å²) in [5.41, 5.74) is 0.498. The fraction of sp³-hybridized carbons (Fsp3) is 0.562. The number of carbonyl (C=O) groups is 1. The van der Waals surface area contributed by atoms with Crippen LogP contribution < -0.4 is 5.32 Å². The van der Waals surface area contributed by atoms with E-state index in [0.717, 1.165) is 0 Å². The van der Waals surface area contributed by atoms with Crippen LogP contribution in [0.3, 0.4) is 0 Å². The minimum atomic E-state index is -1.07. The molecule has 2 aliphatic heterocycles. The summed E-state index contributed by atoms with van der Waals surface area (Å²) in [5, 5.41) is 23.0. The van der Waals surface area contributed by atoms with Crippen molar-refractivity contribution in [3.8, 4) is 0 Å². The Kier molecular flexibility index (Phi) is 4.39. The van der Waals surface area contributed by atoms with Crippen molar-refractivity contribution in [1.82, 2.24) is 5.32 Å². The molecule has 0 saturated carbocycles. The third-order valence-corrected chi connectivity index (χ3v) is 3.94. The van der Waals surface area contributed by atoms with Gasteiger partial charge in [0, 0.05) is 12.1 Å². The third kappa shape index (κ3) is 3.39. The van der Waals surface area contributed by atoms with E-state index in [2.05, 4.69) is 5.32 Å². The summed E-state index contributed by atoms with van der Waals surface area (Å²) in [6, 6.07) is 8.68. The van der Waals surface area contributed by atoms with Crippen molar-refractivity contribution in [2.45, 2.75) is 50.3 Å². The van der Waals surface area contributed by atoms with Gasteiger partial charge in [0.05, 0.1) is 0 Å². The van der Waals surface area contributed by atoms with E-state index in [0.29, 0.717) is 5.56 Å². The van der Waals surface area contributed by atoms with Gasteiger partial charge >= 0.3 is 0 Å². The molecule has 0 spiro atoms. The number of aliphatic hydroxyl groups is 2. The van der Waals surface area contributed by atoms with Crippen molar-refractivity contribution in [2.24, 2.45) is 0 Å². The Labute approximate surface area is 134 Å². The lowest BCUT2D eigenvalue weighted by atomic mass is 10.1. The van der Waals surface area contributed by atoms with Crippen LogP contribution in [-0.2, 0) is 14.2 Å². The second-order valence-electron chi connectivity index (χ2n) is 6.20. The van der Waals surface area contributed by atoms with Gasteiger partial charge in [0.25, 0.3) is 5.91 Å². The van der Waals surface area contributed by atoms with Gasteiger partial charge in [-0.15, -0.1) is 0 Å². The van der Waals surface area contributed by atoms with Crippen LogP contribution in [0.25, 0.3) is 0 Å². The number of carbonyl (C=O) groups excluding carboxylic acids is 1. The van der Waals surface area contributed by atoms with Crippen LogP contribution in [0.4, 0.5) is 0 Å². The molecule has 0 radical (unpaired) electrons. The molecule has 1 amide bonds. The summed E-state index contributed by atoms with van der Waals surface area (Å²) in [7, 11) is 0. The van der Waals surface area contributed by atoms with E-state index in [1.54, 1.807) is 38.1 Å². The molecule has 2 fully saturated rings. The lowest BCUT2D eigenvalue weighted by Gasteiger charge is -2.26. The molecule has 3 N–H and O–H groups in total. The average Bonchev–Trinajstić information content (AvgIpc) is 2.99. The molecule has 1 aromatic carbocycles. The van der Waals surface area contributed by atoms with E-state index >= 15 is 0 Å². The topological polar surface area (TPSA) is 97.2 Å². The molecule has 7 heteroatoms. The fourth-order valence-corrected chi connectivity index (χ4v) is 2.84. The Balaban J connectivity index is 1.54. The summed E-state index contributed by atoms with van der Waals surface area (Å²) >= 11 is 0. The lowest BCUT2D eigenvalue weighted by Crippen LogP contribution is -2.46. The zero-order valence-corrected chi connectivity index (χ0v) is 13.0. The highest BCUT2D eigenvalue weighted by atomic mass is 16.8. The molecule has 2 saturated heterocycles. The number of rotatable bonds is 4. The maximum atomic E-state index is 12.0. The van der Waals surface area contributed by atoms with E-state index in [1.807, 2.05) is 6.07 Å². The van der Waals surface area contributed by atoms with Crippen LogP contribution >= 0.6 is 0 Å². The Morgan fingerprint density at radius 3 is 2.65 bits per heavy atom. The Morgan fingerprint density at radius 2 is 2.00 bits per heavy atom. The number of hydrogen-bond acceptors (Lipinski definition) is 6. The standard InChI is InChI=1S/C16H21NO6/c1-16(2)22-13-11(19)12(21-15(13)23-16)10(18)8-17-14(20)9-6-4-3-5-7-9/h3-7,10-13,15,18-19H,8H2,1-2H3,(H,17,20)/t10-,11-,12+,13+,15+/m0/s1. The molecule has 0 aliphatic carbocycles. The number of aliphatic hydroxyl groups excluding tert-OH is 2. The Hall–Kier alpha value is -1.51. The van der Waals surface area contributed by atoms with Gasteiger partial charge < -0.3 is 29.7 Å². The van der Waals surface area contributed by atoms with E-state index in [1.165, 1.54) is 0 Å². The van der Waals surface area contributed by atoms with Crippen molar-refractivity contribution in [3.05, 3.63) is 35.9 Å². The van der Waals surface area contributed by atoms with Crippen molar-refractivity contribution < 1.29 is 29.2 Å². The number of fused-ring (bicyclic) bond motifs is 1. The highest BCUT2D eigenvalue weighted by molar-refractivity contribution is 5.94. The van der Waals surface area contributed by atoms with Crippen molar-refractivity contribution >= 4 is 5.91 Å². The Bertz CT molecular complexity index is 563. The molecule has 3 rings (SSSR count). The largest absolute Gasteiger partial charge is 0.388 e. The van der Waals surface area contributed by atoms with Crippen molar-refractivity contribution in [3.63, 3.8) is 0 Å². The van der Waals surface area contributed by atoms with Crippen LogP contribution in [-0.4, -0.2) is 59.2 Å². The zero-order valence-electron chi connectivity index (χ0n) is 13.0. The van der Waals surface area contributed by atoms with E-state index in [4.69, 9.17) is 14.2 Å². The quantitative estimate of drug-likeness (QED) is 0.722. The smallest absolute Gasteiger partial charge is 0.251 e. The number of amides is 1. The molecule has 2 aliphatic rings. The molecule has 2 heterocycles. The maximum Gasteiger partial charge on any atom is 0.251 e. The van der Waals surface area contributed by atoms with E-state index < -0.39 is 36.5 Å². The third-order valence-electron chi connectivity index (χ3n) is 3.94. The summed E-state index contributed by atoms with van der Waals surface area (Å²) in [5.74, 6) is -1.13. The van der Waals surface area contributed by atoms with Gasteiger partial charge in [0.2, 0.25) is 0 Å². The minimum absolute atomic E-state index is 0.0434. The number of nitrogens with one attached hydrogen (secondary N) is 1. The first-order valence-corrected chi connectivity index (χ1v) is 7.58. The first-order chi connectivity index (χ1) is 10.9. The van der Waals surface area contributed by atoms with Crippen LogP contribution in [0.5, 0.6) is 0 Å². The van der Waals surface area contributed by atoms with E-state index in [9.17, 15) is 15.0 Å².